The molecular weight excluding hydrogens is 99.5 g/mol. The van der Waals surface area contributed by atoms with Crippen molar-refractivity contribution in [3.05, 3.63) is 6.92 Å². The first-order valence-electron chi connectivity index (χ1n) is 1.68. The van der Waals surface area contributed by atoms with Gasteiger partial charge in [0.1, 0.15) is 5.78 Å². The minimum Gasteiger partial charge on any atom is -0.298 e. The fourth-order valence-corrected chi connectivity index (χ4v) is 0.200. The van der Waals surface area contributed by atoms with Crippen LogP contribution in [0.2, 0.25) is 0 Å². The van der Waals surface area contributed by atoms with E-state index in [1.54, 1.807) is 0 Å². The van der Waals surface area contributed by atoms with Crippen LogP contribution >= 0.6 is 11.6 Å². The lowest BCUT2D eigenvalue weighted by Gasteiger charge is -1.79. The van der Waals surface area contributed by atoms with Gasteiger partial charge in [0.2, 0.25) is 0 Å². The molecule has 1 radical (unpaired) electrons. The maximum absolute atomic E-state index is 9.99. The van der Waals surface area contributed by atoms with Gasteiger partial charge >= 0.3 is 0 Å². The fraction of sp³-hybridized carbons (Fsp3) is 0.500. The van der Waals surface area contributed by atoms with Crippen LogP contribution in [0.1, 0.15) is 6.42 Å². The maximum Gasteiger partial charge on any atom is 0.147 e. The van der Waals surface area contributed by atoms with Crippen molar-refractivity contribution in [2.24, 2.45) is 0 Å². The van der Waals surface area contributed by atoms with Crippen LogP contribution in [0, 0.1) is 6.92 Å². The van der Waals surface area contributed by atoms with Gasteiger partial charge in [0.05, 0.1) is 5.88 Å². The van der Waals surface area contributed by atoms with Gasteiger partial charge in [-0.25, -0.2) is 0 Å². The Morgan fingerprint density at radius 2 is 2.33 bits per heavy atom. The molecule has 2 heteroatoms. The Kier molecular flexibility index (Phi) is 3.14. The molecule has 0 bridgehead atoms. The first-order chi connectivity index (χ1) is 2.81. The van der Waals surface area contributed by atoms with Crippen LogP contribution in [0.15, 0.2) is 0 Å². The van der Waals surface area contributed by atoms with Crippen LogP contribution in [-0.2, 0) is 4.79 Å². The Bertz CT molecular complexity index is 45.5. The summed E-state index contributed by atoms with van der Waals surface area (Å²) in [5.74, 6) is 0.0976. The molecule has 0 N–H and O–H groups in total. The second-order valence-electron chi connectivity index (χ2n) is 0.922. The van der Waals surface area contributed by atoms with Crippen molar-refractivity contribution in [1.29, 1.82) is 0 Å². The van der Waals surface area contributed by atoms with Crippen LogP contribution < -0.4 is 0 Å². The van der Waals surface area contributed by atoms with Crippen molar-refractivity contribution in [2.45, 2.75) is 6.42 Å². The number of alkyl halides is 1. The topological polar surface area (TPSA) is 17.1 Å². The molecule has 1 nitrogen and oxygen atoms in total. The van der Waals surface area contributed by atoms with E-state index in [2.05, 4.69) is 6.92 Å². The summed E-state index contributed by atoms with van der Waals surface area (Å²) in [5.41, 5.74) is 0. The molecule has 0 aromatic heterocycles. The highest BCUT2D eigenvalue weighted by Gasteiger charge is 1.88. The standard InChI is InChI=1S/C4H6ClO/c1-2-4(6)3-5/h1-3H2. The Hall–Kier alpha value is -0.0400. The van der Waals surface area contributed by atoms with E-state index >= 15 is 0 Å². The van der Waals surface area contributed by atoms with Gasteiger partial charge in [0, 0.05) is 6.42 Å². The SMILES string of the molecule is [CH2]CC(=O)CCl. The van der Waals surface area contributed by atoms with Crippen molar-refractivity contribution < 1.29 is 4.79 Å². The summed E-state index contributed by atoms with van der Waals surface area (Å²) in [6, 6.07) is 0. The van der Waals surface area contributed by atoms with E-state index in [4.69, 9.17) is 11.6 Å². The molecule has 0 aliphatic carbocycles. The summed E-state index contributed by atoms with van der Waals surface area (Å²) >= 11 is 5.06. The number of Topliss-reactive ketones (excluding diaryl/α,β-unsaturated/α-hetero) is 1. The molecule has 0 aromatic carbocycles. The lowest BCUT2D eigenvalue weighted by Crippen LogP contribution is -1.93. The number of halogens is 1. The third kappa shape index (κ3) is 2.21. The zero-order valence-electron chi connectivity index (χ0n) is 3.41. The van der Waals surface area contributed by atoms with E-state index in [0.717, 1.165) is 0 Å². The minimum absolute atomic E-state index is 0.00309. The Morgan fingerprint density at radius 1 is 1.83 bits per heavy atom. The summed E-state index contributed by atoms with van der Waals surface area (Å²) in [7, 11) is 0. The highest BCUT2D eigenvalue weighted by Crippen LogP contribution is 1.81. The molecule has 0 aromatic rings. The summed E-state index contributed by atoms with van der Waals surface area (Å²) in [6.45, 7) is 3.32. The third-order valence-electron chi connectivity index (χ3n) is 0.428. The second-order valence-corrected chi connectivity index (χ2v) is 1.19. The number of ketones is 1. The molecule has 0 rings (SSSR count). The quantitative estimate of drug-likeness (QED) is 0.479. The van der Waals surface area contributed by atoms with Crippen molar-refractivity contribution >= 4 is 17.4 Å². The van der Waals surface area contributed by atoms with Crippen molar-refractivity contribution in [3.8, 4) is 0 Å². The number of hydrogen-bond acceptors (Lipinski definition) is 1. The lowest BCUT2D eigenvalue weighted by molar-refractivity contribution is -0.115. The van der Waals surface area contributed by atoms with Gasteiger partial charge in [0.15, 0.2) is 0 Å². The minimum atomic E-state index is -0.00309. The molecule has 0 saturated heterocycles. The van der Waals surface area contributed by atoms with Gasteiger partial charge < -0.3 is 0 Å². The number of carbonyl (C=O) groups is 1. The molecule has 0 heterocycles. The zero-order chi connectivity index (χ0) is 4.99. The molecule has 0 saturated carbocycles. The summed E-state index contributed by atoms with van der Waals surface area (Å²) in [6.07, 6.45) is 0.309. The predicted octanol–water partition coefficient (Wildman–Crippen LogP) is 1.02. The molecule has 35 valence electrons. The molecule has 6 heavy (non-hydrogen) atoms. The summed E-state index contributed by atoms with van der Waals surface area (Å²) in [4.78, 5) is 9.99. The molecule has 0 amide bonds. The Morgan fingerprint density at radius 3 is 2.33 bits per heavy atom. The lowest BCUT2D eigenvalue weighted by atomic mass is 10.4. The van der Waals surface area contributed by atoms with E-state index in [0.29, 0.717) is 6.42 Å². The predicted molar refractivity (Wildman–Crippen MR) is 25.7 cm³/mol. The monoisotopic (exact) mass is 105 g/mol. The van der Waals surface area contributed by atoms with E-state index < -0.39 is 0 Å². The van der Waals surface area contributed by atoms with Crippen LogP contribution in [0.25, 0.3) is 0 Å². The molecular formula is C4H6ClO. The number of hydrogen-bond donors (Lipinski definition) is 0. The molecule has 0 spiro atoms. The maximum atomic E-state index is 9.99. The highest BCUT2D eigenvalue weighted by molar-refractivity contribution is 6.27. The third-order valence-corrected chi connectivity index (χ3v) is 0.726. The molecule has 0 atom stereocenters. The van der Waals surface area contributed by atoms with Gasteiger partial charge in [-0.1, -0.05) is 0 Å². The Labute approximate surface area is 42.3 Å². The molecule has 0 fully saturated rings. The summed E-state index contributed by atoms with van der Waals surface area (Å²) < 4.78 is 0. The van der Waals surface area contributed by atoms with Gasteiger partial charge in [-0.05, 0) is 6.92 Å². The van der Waals surface area contributed by atoms with Crippen LogP contribution in [0.3, 0.4) is 0 Å². The molecule has 0 unspecified atom stereocenters. The highest BCUT2D eigenvalue weighted by atomic mass is 35.5. The van der Waals surface area contributed by atoms with Crippen LogP contribution in [0.5, 0.6) is 0 Å². The van der Waals surface area contributed by atoms with Crippen molar-refractivity contribution in [3.63, 3.8) is 0 Å². The normalized spacial score (nSPS) is 8.33. The van der Waals surface area contributed by atoms with Crippen molar-refractivity contribution in [1.82, 2.24) is 0 Å². The Balaban J connectivity index is 2.99. The average molecular weight is 106 g/mol. The van der Waals surface area contributed by atoms with E-state index in [-0.39, 0.29) is 11.7 Å². The van der Waals surface area contributed by atoms with E-state index in [1.807, 2.05) is 0 Å². The molecule has 0 aliphatic rings. The molecule has 0 aliphatic heterocycles. The fourth-order valence-electron chi connectivity index (χ4n) is 0.0668. The van der Waals surface area contributed by atoms with Gasteiger partial charge in [-0.2, -0.15) is 0 Å². The van der Waals surface area contributed by atoms with Crippen LogP contribution in [-0.4, -0.2) is 11.7 Å². The second kappa shape index (κ2) is 3.16. The number of rotatable bonds is 2. The first-order valence-corrected chi connectivity index (χ1v) is 2.21. The summed E-state index contributed by atoms with van der Waals surface area (Å²) in [5, 5.41) is 0. The number of carbonyl (C=O) groups excluding carboxylic acids is 1. The van der Waals surface area contributed by atoms with Gasteiger partial charge in [-0.3, -0.25) is 4.79 Å². The average Bonchev–Trinajstić information content (AvgIpc) is 1.65. The van der Waals surface area contributed by atoms with Gasteiger partial charge in [0.25, 0.3) is 0 Å². The zero-order valence-corrected chi connectivity index (χ0v) is 4.16. The first kappa shape index (κ1) is 5.96. The van der Waals surface area contributed by atoms with Gasteiger partial charge in [-0.15, -0.1) is 11.6 Å². The van der Waals surface area contributed by atoms with E-state index in [1.165, 1.54) is 0 Å². The smallest absolute Gasteiger partial charge is 0.147 e. The van der Waals surface area contributed by atoms with Crippen LogP contribution in [0.4, 0.5) is 0 Å². The largest absolute Gasteiger partial charge is 0.298 e. The van der Waals surface area contributed by atoms with E-state index in [9.17, 15) is 4.79 Å². The van der Waals surface area contributed by atoms with Crippen molar-refractivity contribution in [2.75, 3.05) is 5.88 Å².